The van der Waals surface area contributed by atoms with Crippen molar-refractivity contribution in [2.75, 3.05) is 20.2 Å². The minimum Gasteiger partial charge on any atom is -0.496 e. The van der Waals surface area contributed by atoms with Gasteiger partial charge in [0.05, 0.1) is 7.11 Å². The summed E-state index contributed by atoms with van der Waals surface area (Å²) in [5, 5.41) is 6.91. The number of nitrogens with one attached hydrogen (secondary N) is 2. The first-order valence-electron chi connectivity index (χ1n) is 5.75. The minimum absolute atomic E-state index is 0.0562. The van der Waals surface area contributed by atoms with Gasteiger partial charge in [-0.1, -0.05) is 18.2 Å². The minimum atomic E-state index is -0.0562. The molecule has 2 N–H and O–H groups in total. The van der Waals surface area contributed by atoms with Crippen LogP contribution in [0.5, 0.6) is 5.75 Å². The van der Waals surface area contributed by atoms with Gasteiger partial charge in [-0.15, -0.1) is 0 Å². The molecule has 1 aromatic carbocycles. The van der Waals surface area contributed by atoms with Gasteiger partial charge in [0.15, 0.2) is 0 Å². The molecule has 1 aromatic rings. The summed E-state index contributed by atoms with van der Waals surface area (Å²) < 4.78 is 5.41. The van der Waals surface area contributed by atoms with E-state index in [0.29, 0.717) is 6.04 Å². The molecule has 16 heavy (non-hydrogen) atoms. The molecule has 0 aromatic heterocycles. The third kappa shape index (κ3) is 2.20. The Hall–Kier alpha value is -1.06. The van der Waals surface area contributed by atoms with E-state index in [2.05, 4.69) is 36.6 Å². The number of ether oxygens (including phenoxy) is 1. The quantitative estimate of drug-likeness (QED) is 0.806. The molecular weight excluding hydrogens is 200 g/mol. The second-order valence-electron chi connectivity index (χ2n) is 4.82. The lowest BCUT2D eigenvalue weighted by atomic mass is 9.91. The molecule has 0 aliphatic carbocycles. The van der Waals surface area contributed by atoms with Crippen LogP contribution in [-0.2, 0) is 5.54 Å². The van der Waals surface area contributed by atoms with Crippen molar-refractivity contribution in [2.24, 2.45) is 0 Å². The Bertz CT molecular complexity index is 359. The Morgan fingerprint density at radius 2 is 2.00 bits per heavy atom. The molecule has 1 heterocycles. The normalized spacial score (nSPS) is 16.9. The molecule has 1 aliphatic heterocycles. The molecule has 88 valence electrons. The highest BCUT2D eigenvalue weighted by Gasteiger charge is 2.29. The Kier molecular flexibility index (Phi) is 3.17. The predicted octanol–water partition coefficient (Wildman–Crippen LogP) is 1.49. The molecule has 2 rings (SSSR count). The van der Waals surface area contributed by atoms with Gasteiger partial charge in [0, 0.05) is 30.2 Å². The van der Waals surface area contributed by atoms with Gasteiger partial charge in [-0.25, -0.2) is 0 Å². The molecule has 0 bridgehead atoms. The van der Waals surface area contributed by atoms with E-state index in [0.717, 1.165) is 18.8 Å². The monoisotopic (exact) mass is 220 g/mol. The summed E-state index contributed by atoms with van der Waals surface area (Å²) in [6.07, 6.45) is 0. The summed E-state index contributed by atoms with van der Waals surface area (Å²) in [7, 11) is 1.72. The van der Waals surface area contributed by atoms with Gasteiger partial charge in [0.2, 0.25) is 0 Å². The first-order chi connectivity index (χ1) is 7.63. The van der Waals surface area contributed by atoms with Crippen LogP contribution < -0.4 is 15.4 Å². The molecule has 0 amide bonds. The van der Waals surface area contributed by atoms with Gasteiger partial charge >= 0.3 is 0 Å². The first kappa shape index (κ1) is 11.4. The molecule has 0 saturated carbocycles. The second-order valence-corrected chi connectivity index (χ2v) is 4.82. The third-order valence-corrected chi connectivity index (χ3v) is 3.13. The van der Waals surface area contributed by atoms with Crippen molar-refractivity contribution in [3.8, 4) is 5.75 Å². The fraction of sp³-hybridized carbons (Fsp3) is 0.538. The van der Waals surface area contributed by atoms with Crippen molar-refractivity contribution < 1.29 is 4.74 Å². The maximum Gasteiger partial charge on any atom is 0.123 e. The molecule has 0 unspecified atom stereocenters. The van der Waals surface area contributed by atoms with Crippen LogP contribution in [0.4, 0.5) is 0 Å². The number of rotatable bonds is 4. The summed E-state index contributed by atoms with van der Waals surface area (Å²) >= 11 is 0. The fourth-order valence-electron chi connectivity index (χ4n) is 2.14. The number of benzene rings is 1. The van der Waals surface area contributed by atoms with Crippen LogP contribution in [0.1, 0.15) is 19.4 Å². The number of hydrogen-bond acceptors (Lipinski definition) is 3. The van der Waals surface area contributed by atoms with Crippen LogP contribution in [0, 0.1) is 0 Å². The summed E-state index contributed by atoms with van der Waals surface area (Å²) in [5.41, 5.74) is 1.16. The number of methoxy groups -OCH3 is 1. The lowest BCUT2D eigenvalue weighted by Gasteiger charge is -2.38. The van der Waals surface area contributed by atoms with Crippen molar-refractivity contribution in [1.82, 2.24) is 10.6 Å². The molecule has 3 heteroatoms. The van der Waals surface area contributed by atoms with Crippen molar-refractivity contribution in [2.45, 2.75) is 25.4 Å². The van der Waals surface area contributed by atoms with E-state index in [4.69, 9.17) is 4.74 Å². The molecule has 0 spiro atoms. The maximum absolute atomic E-state index is 5.41. The highest BCUT2D eigenvalue weighted by Crippen LogP contribution is 2.29. The van der Waals surface area contributed by atoms with Crippen LogP contribution in [0.3, 0.4) is 0 Å². The number of hydrogen-bond donors (Lipinski definition) is 2. The molecule has 1 aliphatic rings. The summed E-state index contributed by atoms with van der Waals surface area (Å²) in [6.45, 7) is 6.50. The SMILES string of the molecule is COc1ccccc1C(C)(C)NC1CNC1. The Balaban J connectivity index is 2.19. The summed E-state index contributed by atoms with van der Waals surface area (Å²) in [6, 6.07) is 8.76. The zero-order chi connectivity index (χ0) is 11.6. The largest absolute Gasteiger partial charge is 0.496 e. The lowest BCUT2D eigenvalue weighted by Crippen LogP contribution is -2.60. The first-order valence-corrected chi connectivity index (χ1v) is 5.75. The van der Waals surface area contributed by atoms with E-state index in [-0.39, 0.29) is 5.54 Å². The lowest BCUT2D eigenvalue weighted by molar-refractivity contribution is 0.267. The van der Waals surface area contributed by atoms with Gasteiger partial charge in [0.25, 0.3) is 0 Å². The van der Waals surface area contributed by atoms with Crippen LogP contribution in [-0.4, -0.2) is 26.2 Å². The van der Waals surface area contributed by atoms with E-state index in [1.54, 1.807) is 7.11 Å². The Labute approximate surface area is 97.2 Å². The zero-order valence-corrected chi connectivity index (χ0v) is 10.2. The Morgan fingerprint density at radius 3 is 2.56 bits per heavy atom. The van der Waals surface area contributed by atoms with Crippen molar-refractivity contribution in [3.63, 3.8) is 0 Å². The van der Waals surface area contributed by atoms with Gasteiger partial charge in [0.1, 0.15) is 5.75 Å². The fourth-order valence-corrected chi connectivity index (χ4v) is 2.14. The molecule has 1 saturated heterocycles. The second kappa shape index (κ2) is 4.44. The zero-order valence-electron chi connectivity index (χ0n) is 10.2. The van der Waals surface area contributed by atoms with Crippen molar-refractivity contribution >= 4 is 0 Å². The highest BCUT2D eigenvalue weighted by atomic mass is 16.5. The van der Waals surface area contributed by atoms with E-state index in [9.17, 15) is 0 Å². The summed E-state index contributed by atoms with van der Waals surface area (Å²) in [5.74, 6) is 0.951. The van der Waals surface area contributed by atoms with Crippen LogP contribution in [0.25, 0.3) is 0 Å². The standard InChI is InChI=1S/C13H20N2O/c1-13(2,15-10-8-14-9-10)11-6-4-5-7-12(11)16-3/h4-7,10,14-15H,8-9H2,1-3H3. The van der Waals surface area contributed by atoms with E-state index in [1.807, 2.05) is 12.1 Å². The summed E-state index contributed by atoms with van der Waals surface area (Å²) in [4.78, 5) is 0. The third-order valence-electron chi connectivity index (χ3n) is 3.13. The van der Waals surface area contributed by atoms with Gasteiger partial charge < -0.3 is 15.4 Å². The molecule has 0 radical (unpaired) electrons. The van der Waals surface area contributed by atoms with Crippen LogP contribution in [0.2, 0.25) is 0 Å². The number of para-hydroxylation sites is 1. The molecule has 3 nitrogen and oxygen atoms in total. The smallest absolute Gasteiger partial charge is 0.123 e. The van der Waals surface area contributed by atoms with Crippen molar-refractivity contribution in [3.05, 3.63) is 29.8 Å². The predicted molar refractivity (Wildman–Crippen MR) is 65.8 cm³/mol. The van der Waals surface area contributed by atoms with E-state index < -0.39 is 0 Å². The van der Waals surface area contributed by atoms with Gasteiger partial charge in [-0.05, 0) is 19.9 Å². The molecule has 1 fully saturated rings. The van der Waals surface area contributed by atoms with E-state index >= 15 is 0 Å². The van der Waals surface area contributed by atoms with Gasteiger partial charge in [-0.3, -0.25) is 0 Å². The molecule has 0 atom stereocenters. The van der Waals surface area contributed by atoms with Gasteiger partial charge in [-0.2, -0.15) is 0 Å². The maximum atomic E-state index is 5.41. The average Bonchev–Trinajstić information content (AvgIpc) is 2.24. The van der Waals surface area contributed by atoms with E-state index in [1.165, 1.54) is 5.56 Å². The average molecular weight is 220 g/mol. The highest BCUT2D eigenvalue weighted by molar-refractivity contribution is 5.38. The topological polar surface area (TPSA) is 33.3 Å². The van der Waals surface area contributed by atoms with Crippen LogP contribution >= 0.6 is 0 Å². The Morgan fingerprint density at radius 1 is 1.31 bits per heavy atom. The van der Waals surface area contributed by atoms with Crippen LogP contribution in [0.15, 0.2) is 24.3 Å². The molecular formula is C13H20N2O. The van der Waals surface area contributed by atoms with Crippen molar-refractivity contribution in [1.29, 1.82) is 0 Å².